The Morgan fingerprint density at radius 3 is 2.54 bits per heavy atom. The summed E-state index contributed by atoms with van der Waals surface area (Å²) < 4.78 is 11.6. The van der Waals surface area contributed by atoms with Crippen LogP contribution in [0, 0.1) is 19.3 Å². The maximum Gasteiger partial charge on any atom is 0.264 e. The van der Waals surface area contributed by atoms with Crippen molar-refractivity contribution in [3.63, 3.8) is 0 Å². The summed E-state index contributed by atoms with van der Waals surface area (Å²) in [6, 6.07) is 13.6. The smallest absolute Gasteiger partial charge is 0.264 e. The van der Waals surface area contributed by atoms with Gasteiger partial charge >= 0.3 is 0 Å². The lowest BCUT2D eigenvalue weighted by Crippen LogP contribution is -2.18. The van der Waals surface area contributed by atoms with Crippen LogP contribution >= 0.6 is 11.8 Å². The average molecular weight is 368 g/mol. The first-order chi connectivity index (χ1) is 12.5. The molecule has 0 aliphatic carbocycles. The minimum absolute atomic E-state index is 0.140. The summed E-state index contributed by atoms with van der Waals surface area (Å²) in [5.74, 6) is 1.28. The zero-order valence-electron chi connectivity index (χ0n) is 14.7. The van der Waals surface area contributed by atoms with E-state index in [-0.39, 0.29) is 11.1 Å². The van der Waals surface area contributed by atoms with Crippen molar-refractivity contribution in [2.45, 2.75) is 13.8 Å². The largest absolute Gasteiger partial charge is 0.490 e. The average Bonchev–Trinajstić information content (AvgIpc) is 2.93. The summed E-state index contributed by atoms with van der Waals surface area (Å²) in [4.78, 5) is 12.3. The van der Waals surface area contributed by atoms with Crippen molar-refractivity contribution in [1.82, 2.24) is 5.32 Å². The quantitative estimate of drug-likeness (QED) is 0.599. The van der Waals surface area contributed by atoms with Gasteiger partial charge in [0.1, 0.15) is 24.7 Å². The second-order valence-electron chi connectivity index (χ2n) is 5.90. The highest BCUT2D eigenvalue weighted by molar-refractivity contribution is 8.18. The Morgan fingerprint density at radius 1 is 1.08 bits per heavy atom. The van der Waals surface area contributed by atoms with Crippen LogP contribution in [0.15, 0.2) is 47.4 Å². The van der Waals surface area contributed by atoms with Crippen molar-refractivity contribution in [3.05, 3.63) is 64.1 Å². The van der Waals surface area contributed by atoms with Gasteiger partial charge in [-0.25, -0.2) is 0 Å². The third-order valence-corrected chi connectivity index (χ3v) is 4.64. The van der Waals surface area contributed by atoms with E-state index in [4.69, 9.17) is 14.9 Å². The van der Waals surface area contributed by atoms with Crippen molar-refractivity contribution in [2.24, 2.45) is 0 Å². The molecule has 5 nitrogen and oxygen atoms in total. The molecule has 0 atom stereocenters. The number of carbonyl (C=O) groups excluding carboxylic acids is 1. The Morgan fingerprint density at radius 2 is 1.81 bits per heavy atom. The van der Waals surface area contributed by atoms with Gasteiger partial charge in [0.2, 0.25) is 0 Å². The minimum Gasteiger partial charge on any atom is -0.490 e. The molecule has 1 aliphatic rings. The number of hydrogen-bond acceptors (Lipinski definition) is 5. The number of hydrogen-bond donors (Lipinski definition) is 2. The van der Waals surface area contributed by atoms with Crippen LogP contribution in [0.1, 0.15) is 16.7 Å². The van der Waals surface area contributed by atoms with Crippen molar-refractivity contribution in [2.75, 3.05) is 13.2 Å². The Balaban J connectivity index is 1.62. The molecule has 2 N–H and O–H groups in total. The van der Waals surface area contributed by atoms with Crippen LogP contribution in [0.5, 0.6) is 11.5 Å². The van der Waals surface area contributed by atoms with Crippen LogP contribution in [-0.2, 0) is 4.79 Å². The van der Waals surface area contributed by atoms with Crippen LogP contribution in [0.3, 0.4) is 0 Å². The maximum atomic E-state index is 11.8. The molecule has 0 spiro atoms. The first-order valence-corrected chi connectivity index (χ1v) is 9.06. The fourth-order valence-electron chi connectivity index (χ4n) is 2.48. The number of rotatable bonds is 6. The fourth-order valence-corrected chi connectivity index (χ4v) is 3.17. The van der Waals surface area contributed by atoms with Gasteiger partial charge in [-0.05, 0) is 54.9 Å². The predicted molar refractivity (Wildman–Crippen MR) is 105 cm³/mol. The van der Waals surface area contributed by atoms with E-state index in [1.807, 2.05) is 50.2 Å². The van der Waals surface area contributed by atoms with E-state index in [1.54, 1.807) is 6.08 Å². The summed E-state index contributed by atoms with van der Waals surface area (Å²) in [6.07, 6.45) is 1.74. The number of carbonyl (C=O) groups is 1. The number of nitrogens with one attached hydrogen (secondary N) is 2. The Bertz CT molecular complexity index is 877. The lowest BCUT2D eigenvalue weighted by molar-refractivity contribution is -0.115. The topological polar surface area (TPSA) is 71.4 Å². The van der Waals surface area contributed by atoms with E-state index in [0.29, 0.717) is 23.9 Å². The van der Waals surface area contributed by atoms with Gasteiger partial charge < -0.3 is 14.8 Å². The molecule has 1 fully saturated rings. The van der Waals surface area contributed by atoms with Crippen LogP contribution in [-0.4, -0.2) is 24.3 Å². The van der Waals surface area contributed by atoms with E-state index in [0.717, 1.165) is 34.2 Å². The molecule has 1 amide bonds. The summed E-state index contributed by atoms with van der Waals surface area (Å²) in [6.45, 7) is 4.86. The van der Waals surface area contributed by atoms with E-state index in [9.17, 15) is 4.79 Å². The molecule has 0 radical (unpaired) electrons. The summed E-state index contributed by atoms with van der Waals surface area (Å²) in [7, 11) is 0. The van der Waals surface area contributed by atoms with Gasteiger partial charge in [0, 0.05) is 5.56 Å². The number of ether oxygens (including phenoxy) is 2. The van der Waals surface area contributed by atoms with Gasteiger partial charge in [-0.3, -0.25) is 10.2 Å². The van der Waals surface area contributed by atoms with Crippen molar-refractivity contribution < 1.29 is 14.3 Å². The number of aryl methyl sites for hydroxylation is 2. The molecule has 3 rings (SSSR count). The first-order valence-electron chi connectivity index (χ1n) is 8.24. The summed E-state index contributed by atoms with van der Waals surface area (Å²) in [5.41, 5.74) is 3.04. The monoisotopic (exact) mass is 368 g/mol. The van der Waals surface area contributed by atoms with Crippen LogP contribution in [0.2, 0.25) is 0 Å². The standard InChI is InChI=1S/C20H20N2O3S/c1-13-7-8-14(2)17(11-13)25-10-9-24-16-6-4-3-5-15(16)12-18-19(23)22-20(21)26-18/h3-8,11-12H,9-10H2,1-2H3,(H2,21,22,23). The van der Waals surface area contributed by atoms with Crippen LogP contribution in [0.25, 0.3) is 6.08 Å². The highest BCUT2D eigenvalue weighted by atomic mass is 32.2. The molecule has 26 heavy (non-hydrogen) atoms. The predicted octanol–water partition coefficient (Wildman–Crippen LogP) is 3.90. The Labute approximate surface area is 156 Å². The molecule has 0 bridgehead atoms. The van der Waals surface area contributed by atoms with E-state index in [2.05, 4.69) is 11.4 Å². The highest BCUT2D eigenvalue weighted by Crippen LogP contribution is 2.28. The summed E-state index contributed by atoms with van der Waals surface area (Å²) >= 11 is 1.11. The fraction of sp³-hybridized carbons (Fsp3) is 0.200. The van der Waals surface area contributed by atoms with Gasteiger partial charge in [0.15, 0.2) is 5.17 Å². The molecule has 1 saturated heterocycles. The molecule has 1 heterocycles. The minimum atomic E-state index is -0.256. The number of amides is 1. The molecule has 1 aliphatic heterocycles. The summed E-state index contributed by atoms with van der Waals surface area (Å²) in [5, 5.41) is 10.1. The van der Waals surface area contributed by atoms with Gasteiger partial charge in [-0.1, -0.05) is 30.3 Å². The number of thioether (sulfide) groups is 1. The molecule has 2 aromatic rings. The van der Waals surface area contributed by atoms with Gasteiger partial charge in [-0.2, -0.15) is 0 Å². The van der Waals surface area contributed by atoms with Gasteiger partial charge in [0.05, 0.1) is 4.91 Å². The molecule has 0 unspecified atom stereocenters. The van der Waals surface area contributed by atoms with E-state index >= 15 is 0 Å². The number of amidine groups is 1. The van der Waals surface area contributed by atoms with Crippen molar-refractivity contribution >= 4 is 28.9 Å². The molecular weight excluding hydrogens is 348 g/mol. The second kappa shape index (κ2) is 8.10. The zero-order chi connectivity index (χ0) is 18.5. The molecule has 6 heteroatoms. The zero-order valence-corrected chi connectivity index (χ0v) is 15.5. The number of para-hydroxylation sites is 1. The Kier molecular flexibility index (Phi) is 5.63. The van der Waals surface area contributed by atoms with Crippen molar-refractivity contribution in [1.29, 1.82) is 5.41 Å². The van der Waals surface area contributed by atoms with Crippen molar-refractivity contribution in [3.8, 4) is 11.5 Å². The lowest BCUT2D eigenvalue weighted by Gasteiger charge is -2.12. The third-order valence-electron chi connectivity index (χ3n) is 3.81. The number of benzene rings is 2. The third kappa shape index (κ3) is 4.46. The van der Waals surface area contributed by atoms with Crippen LogP contribution < -0.4 is 14.8 Å². The molecule has 2 aromatic carbocycles. The van der Waals surface area contributed by atoms with Gasteiger partial charge in [0.25, 0.3) is 5.91 Å². The van der Waals surface area contributed by atoms with E-state index in [1.165, 1.54) is 0 Å². The van der Waals surface area contributed by atoms with Gasteiger partial charge in [-0.15, -0.1) is 0 Å². The molecule has 134 valence electrons. The normalized spacial score (nSPS) is 15.2. The van der Waals surface area contributed by atoms with Crippen LogP contribution in [0.4, 0.5) is 0 Å². The highest BCUT2D eigenvalue weighted by Gasteiger charge is 2.22. The Hall–Kier alpha value is -2.73. The molecule has 0 aromatic heterocycles. The first kappa shape index (κ1) is 18.1. The maximum absolute atomic E-state index is 11.8. The molecule has 0 saturated carbocycles. The van der Waals surface area contributed by atoms with E-state index < -0.39 is 0 Å². The lowest BCUT2D eigenvalue weighted by atomic mass is 10.1. The molecular formula is C20H20N2O3S. The second-order valence-corrected chi connectivity index (χ2v) is 6.95. The SMILES string of the molecule is Cc1ccc(C)c(OCCOc2ccccc2C=C2SC(=N)NC2=O)c1.